The number of hydrogen-bond acceptors (Lipinski definition) is 5. The summed E-state index contributed by atoms with van der Waals surface area (Å²) in [6.45, 7) is 2.37. The van der Waals surface area contributed by atoms with E-state index in [2.05, 4.69) is 10.9 Å². The van der Waals surface area contributed by atoms with Crippen LogP contribution in [0.1, 0.15) is 56.6 Å². The van der Waals surface area contributed by atoms with Crippen LogP contribution in [0.4, 0.5) is 0 Å². The molecule has 1 atom stereocenters. The molecule has 0 saturated carbocycles. The topological polar surface area (TPSA) is 73.9 Å². The molecule has 0 unspecified atom stereocenters. The summed E-state index contributed by atoms with van der Waals surface area (Å²) in [6.07, 6.45) is 1.83. The first-order valence-corrected chi connectivity index (χ1v) is 10.8. The zero-order chi connectivity index (χ0) is 22.0. The molecular formula is C24H30N4O3. The van der Waals surface area contributed by atoms with Crippen molar-refractivity contribution in [2.75, 3.05) is 40.8 Å². The van der Waals surface area contributed by atoms with Gasteiger partial charge in [-0.1, -0.05) is 18.2 Å². The van der Waals surface area contributed by atoms with Gasteiger partial charge in [0, 0.05) is 50.8 Å². The molecule has 2 aromatic carbocycles. The summed E-state index contributed by atoms with van der Waals surface area (Å²) in [5, 5.41) is 0. The Morgan fingerprint density at radius 3 is 2.55 bits per heavy atom. The predicted octanol–water partition coefficient (Wildman–Crippen LogP) is 2.57. The lowest BCUT2D eigenvalue weighted by atomic mass is 9.97. The number of hydrazine groups is 1. The largest absolute Gasteiger partial charge is 0.496 e. The van der Waals surface area contributed by atoms with Gasteiger partial charge in [-0.2, -0.15) is 0 Å². The maximum atomic E-state index is 13.4. The van der Waals surface area contributed by atoms with E-state index in [1.807, 2.05) is 47.4 Å². The molecule has 0 spiro atoms. The van der Waals surface area contributed by atoms with Crippen LogP contribution in [-0.2, 0) is 0 Å². The maximum Gasteiger partial charge on any atom is 0.254 e. The molecule has 31 heavy (non-hydrogen) atoms. The van der Waals surface area contributed by atoms with Crippen molar-refractivity contribution in [1.82, 2.24) is 20.7 Å². The first kappa shape index (κ1) is 21.3. The van der Waals surface area contributed by atoms with Crippen molar-refractivity contribution in [3.63, 3.8) is 0 Å². The van der Waals surface area contributed by atoms with Gasteiger partial charge >= 0.3 is 0 Å². The Hall–Kier alpha value is -2.90. The molecule has 0 aliphatic carbocycles. The Morgan fingerprint density at radius 1 is 1.06 bits per heavy atom. The Morgan fingerprint density at radius 2 is 1.84 bits per heavy atom. The van der Waals surface area contributed by atoms with Gasteiger partial charge < -0.3 is 14.5 Å². The number of ether oxygens (including phenoxy) is 1. The molecule has 2 aromatic rings. The van der Waals surface area contributed by atoms with Crippen LogP contribution < -0.4 is 15.6 Å². The lowest BCUT2D eigenvalue weighted by molar-refractivity contribution is 0.0735. The monoisotopic (exact) mass is 422 g/mol. The fourth-order valence-corrected chi connectivity index (χ4v) is 4.52. The van der Waals surface area contributed by atoms with E-state index in [1.54, 1.807) is 26.1 Å². The summed E-state index contributed by atoms with van der Waals surface area (Å²) < 4.78 is 5.62. The Labute approximate surface area is 183 Å². The number of hydrogen-bond donors (Lipinski definition) is 2. The molecule has 0 radical (unpaired) electrons. The number of nitrogens with zero attached hydrogens (tertiary/aromatic N) is 2. The molecule has 164 valence electrons. The highest BCUT2D eigenvalue weighted by Gasteiger charge is 2.32. The molecule has 2 N–H and O–H groups in total. The highest BCUT2D eigenvalue weighted by atomic mass is 16.5. The Kier molecular flexibility index (Phi) is 6.25. The van der Waals surface area contributed by atoms with Crippen molar-refractivity contribution in [3.8, 4) is 5.75 Å². The van der Waals surface area contributed by atoms with Gasteiger partial charge in [0.1, 0.15) is 5.75 Å². The number of amides is 2. The predicted molar refractivity (Wildman–Crippen MR) is 119 cm³/mol. The molecule has 0 bridgehead atoms. The van der Waals surface area contributed by atoms with E-state index in [9.17, 15) is 9.59 Å². The summed E-state index contributed by atoms with van der Waals surface area (Å²) in [6, 6.07) is 13.4. The Bertz CT molecular complexity index is 969. The van der Waals surface area contributed by atoms with E-state index in [-0.39, 0.29) is 17.9 Å². The molecule has 4 rings (SSSR count). The van der Waals surface area contributed by atoms with Gasteiger partial charge in [-0.15, -0.1) is 0 Å². The number of nitrogens with one attached hydrogen (secondary N) is 2. The fourth-order valence-electron chi connectivity index (χ4n) is 4.52. The number of carbonyl (C=O) groups excluding carboxylic acids is 2. The summed E-state index contributed by atoms with van der Waals surface area (Å²) in [5.74, 6) is 1.03. The molecule has 2 aliphatic rings. The average molecular weight is 423 g/mol. The van der Waals surface area contributed by atoms with Crippen LogP contribution in [0.3, 0.4) is 0 Å². The SMILES string of the molecule is COc1cc(C(=O)N2CCC[C@@H]2c2cccc(C(=O)N(C)C)c2)ccc1C1CNNC1. The van der Waals surface area contributed by atoms with Crippen molar-refractivity contribution in [3.05, 3.63) is 64.7 Å². The molecule has 2 saturated heterocycles. The van der Waals surface area contributed by atoms with E-state index < -0.39 is 0 Å². The Balaban J connectivity index is 1.58. The standard InChI is InChI=1S/C24H30N4O3/c1-27(2)23(29)17-7-4-6-16(12-17)21-8-5-11-28(21)24(30)18-9-10-20(22(13-18)31-3)19-14-25-26-15-19/h4,6-7,9-10,12-13,19,21,25-26H,5,8,11,14-15H2,1-3H3/t21-/m1/s1. The van der Waals surface area contributed by atoms with Gasteiger partial charge in [-0.25, -0.2) is 0 Å². The van der Waals surface area contributed by atoms with E-state index in [4.69, 9.17) is 4.74 Å². The summed E-state index contributed by atoms with van der Waals surface area (Å²) in [7, 11) is 5.14. The minimum absolute atomic E-state index is 0.000592. The second-order valence-corrected chi connectivity index (χ2v) is 8.40. The molecule has 7 nitrogen and oxygen atoms in total. The van der Waals surface area contributed by atoms with E-state index >= 15 is 0 Å². The number of carbonyl (C=O) groups is 2. The van der Waals surface area contributed by atoms with Crippen LogP contribution in [0.15, 0.2) is 42.5 Å². The van der Waals surface area contributed by atoms with E-state index in [0.29, 0.717) is 23.6 Å². The molecule has 2 fully saturated rings. The smallest absolute Gasteiger partial charge is 0.254 e. The molecular weight excluding hydrogens is 392 g/mol. The van der Waals surface area contributed by atoms with Crippen molar-refractivity contribution < 1.29 is 14.3 Å². The third-order valence-corrected chi connectivity index (χ3v) is 6.18. The van der Waals surface area contributed by atoms with Crippen LogP contribution in [0.2, 0.25) is 0 Å². The van der Waals surface area contributed by atoms with Crippen LogP contribution in [0, 0.1) is 0 Å². The van der Waals surface area contributed by atoms with Gasteiger partial charge in [0.2, 0.25) is 0 Å². The lowest BCUT2D eigenvalue weighted by Crippen LogP contribution is -2.31. The zero-order valence-corrected chi connectivity index (χ0v) is 18.4. The van der Waals surface area contributed by atoms with Crippen molar-refractivity contribution >= 4 is 11.8 Å². The molecule has 2 heterocycles. The lowest BCUT2D eigenvalue weighted by Gasteiger charge is -2.26. The molecule has 2 aliphatic heterocycles. The molecule has 2 amide bonds. The van der Waals surface area contributed by atoms with Crippen LogP contribution in [-0.4, -0.2) is 62.5 Å². The summed E-state index contributed by atoms with van der Waals surface area (Å²) >= 11 is 0. The van der Waals surface area contributed by atoms with Gasteiger partial charge in [-0.05, 0) is 48.2 Å². The zero-order valence-electron chi connectivity index (χ0n) is 18.4. The maximum absolute atomic E-state index is 13.4. The first-order valence-electron chi connectivity index (χ1n) is 10.8. The van der Waals surface area contributed by atoms with Crippen molar-refractivity contribution in [2.45, 2.75) is 24.8 Å². The van der Waals surface area contributed by atoms with Gasteiger partial charge in [0.05, 0.1) is 13.2 Å². The van der Waals surface area contributed by atoms with Crippen molar-refractivity contribution in [1.29, 1.82) is 0 Å². The summed E-state index contributed by atoms with van der Waals surface area (Å²) in [5.41, 5.74) is 9.66. The average Bonchev–Trinajstić information content (AvgIpc) is 3.50. The second kappa shape index (κ2) is 9.08. The fraction of sp³-hybridized carbons (Fsp3) is 0.417. The number of methoxy groups -OCH3 is 1. The van der Waals surface area contributed by atoms with E-state index in [0.717, 1.165) is 42.8 Å². The van der Waals surface area contributed by atoms with Crippen molar-refractivity contribution in [2.24, 2.45) is 0 Å². The van der Waals surface area contributed by atoms with Crippen LogP contribution in [0.5, 0.6) is 5.75 Å². The number of rotatable bonds is 5. The molecule has 7 heteroatoms. The highest BCUT2D eigenvalue weighted by molar-refractivity contribution is 5.96. The minimum atomic E-state index is -0.0334. The third-order valence-electron chi connectivity index (χ3n) is 6.18. The van der Waals surface area contributed by atoms with Gasteiger partial charge in [0.15, 0.2) is 0 Å². The minimum Gasteiger partial charge on any atom is -0.496 e. The van der Waals surface area contributed by atoms with Crippen LogP contribution >= 0.6 is 0 Å². The van der Waals surface area contributed by atoms with E-state index in [1.165, 1.54) is 0 Å². The van der Waals surface area contributed by atoms with Gasteiger partial charge in [-0.3, -0.25) is 20.4 Å². The normalized spacial score (nSPS) is 18.9. The summed E-state index contributed by atoms with van der Waals surface area (Å²) in [4.78, 5) is 29.3. The quantitative estimate of drug-likeness (QED) is 0.775. The number of likely N-dealkylation sites (tertiary alicyclic amines) is 1. The third kappa shape index (κ3) is 4.29. The second-order valence-electron chi connectivity index (χ2n) is 8.40. The highest BCUT2D eigenvalue weighted by Crippen LogP contribution is 2.35. The number of benzene rings is 2. The molecule has 0 aromatic heterocycles. The van der Waals surface area contributed by atoms with Crippen LogP contribution in [0.25, 0.3) is 0 Å². The van der Waals surface area contributed by atoms with Gasteiger partial charge in [0.25, 0.3) is 11.8 Å². The first-order chi connectivity index (χ1) is 15.0.